The lowest BCUT2D eigenvalue weighted by molar-refractivity contribution is 0.485. The van der Waals surface area contributed by atoms with E-state index < -0.39 is 6.04 Å². The molecule has 0 radical (unpaired) electrons. The smallest absolute Gasteiger partial charge is 0.163 e. The molecule has 6 nitrogen and oxygen atoms in total. The average molecular weight is 374 g/mol. The van der Waals surface area contributed by atoms with Gasteiger partial charge in [-0.1, -0.05) is 23.2 Å². The Hall–Kier alpha value is -2.41. The Bertz CT molecular complexity index is 983. The molecule has 3 heterocycles. The molecule has 0 saturated carbocycles. The fourth-order valence-electron chi connectivity index (χ4n) is 2.69. The number of aromatic nitrogens is 4. The van der Waals surface area contributed by atoms with Gasteiger partial charge in [-0.05, 0) is 35.9 Å². The van der Waals surface area contributed by atoms with Crippen LogP contribution in [0.4, 0.5) is 0 Å². The summed E-state index contributed by atoms with van der Waals surface area (Å²) < 4.78 is 7.24. The summed E-state index contributed by atoms with van der Waals surface area (Å²) in [5, 5.41) is 1.25. The molecule has 1 aromatic heterocycles. The maximum absolute atomic E-state index is 6.26. The second-order valence-electron chi connectivity index (χ2n) is 5.53. The zero-order valence-electron chi connectivity index (χ0n) is 12.9. The first kappa shape index (κ1) is 16.1. The van der Waals surface area contributed by atoms with Crippen LogP contribution in [0.5, 0.6) is 0 Å². The van der Waals surface area contributed by atoms with Crippen LogP contribution in [0.1, 0.15) is 23.1 Å². The molecular formula is C17H13Cl2N5O. The van der Waals surface area contributed by atoms with Gasteiger partial charge in [0.05, 0.1) is 24.8 Å². The number of nitrogens with zero attached hydrogens (tertiary/aromatic N) is 4. The van der Waals surface area contributed by atoms with Gasteiger partial charge in [-0.25, -0.2) is 15.0 Å². The number of nitrogens with two attached hydrogens (primary N) is 1. The van der Waals surface area contributed by atoms with E-state index in [2.05, 4.69) is 15.0 Å². The van der Waals surface area contributed by atoms with Gasteiger partial charge in [-0.3, -0.25) is 0 Å². The molecule has 0 bridgehead atoms. The van der Waals surface area contributed by atoms with Gasteiger partial charge in [0.1, 0.15) is 23.8 Å². The number of hydrogen-bond acceptors (Lipinski definition) is 5. The predicted octanol–water partition coefficient (Wildman–Crippen LogP) is 3.77. The highest BCUT2D eigenvalue weighted by Gasteiger charge is 2.24. The van der Waals surface area contributed by atoms with Crippen molar-refractivity contribution in [1.29, 1.82) is 0 Å². The zero-order valence-corrected chi connectivity index (χ0v) is 14.4. The van der Waals surface area contributed by atoms with Gasteiger partial charge in [0, 0.05) is 10.0 Å². The third-order valence-electron chi connectivity index (χ3n) is 3.92. The summed E-state index contributed by atoms with van der Waals surface area (Å²) in [5.41, 5.74) is 8.37. The molecule has 126 valence electrons. The van der Waals surface area contributed by atoms with E-state index in [9.17, 15) is 0 Å². The van der Waals surface area contributed by atoms with Crippen LogP contribution in [0.15, 0.2) is 53.7 Å². The number of benzene rings is 1. The van der Waals surface area contributed by atoms with Gasteiger partial charge in [-0.2, -0.15) is 0 Å². The minimum absolute atomic E-state index is 0.470. The maximum Gasteiger partial charge on any atom is 0.163 e. The number of imidazole rings is 1. The quantitative estimate of drug-likeness (QED) is 0.588. The first-order valence-electron chi connectivity index (χ1n) is 7.52. The first-order valence-corrected chi connectivity index (χ1v) is 8.27. The van der Waals surface area contributed by atoms with Crippen molar-refractivity contribution in [2.24, 2.45) is 5.73 Å². The monoisotopic (exact) mass is 373 g/mol. The zero-order chi connectivity index (χ0) is 17.4. The molecule has 0 amide bonds. The topological polar surface area (TPSA) is 82.8 Å². The summed E-state index contributed by atoms with van der Waals surface area (Å²) in [6.07, 6.45) is 4.74. The lowest BCUT2D eigenvalue weighted by atomic mass is 10.1. The molecule has 4 rings (SSSR count). The Balaban J connectivity index is 1.74. The molecule has 0 aliphatic carbocycles. The van der Waals surface area contributed by atoms with Crippen molar-refractivity contribution in [2.75, 3.05) is 0 Å². The van der Waals surface area contributed by atoms with E-state index in [-0.39, 0.29) is 0 Å². The Kier molecular flexibility index (Phi) is 4.17. The summed E-state index contributed by atoms with van der Waals surface area (Å²) in [5.74, 6) is 1.29. The second kappa shape index (κ2) is 6.48. The number of fused-ring (bicyclic) bond motifs is 1. The van der Waals surface area contributed by atoms with Crippen molar-refractivity contribution in [3.8, 4) is 11.5 Å². The number of halogens is 2. The van der Waals surface area contributed by atoms with Crippen LogP contribution in [0.3, 0.4) is 0 Å². The molecule has 2 aliphatic heterocycles. The predicted molar refractivity (Wildman–Crippen MR) is 94.7 cm³/mol. The molecule has 2 aliphatic rings. The van der Waals surface area contributed by atoms with Gasteiger partial charge in [0.15, 0.2) is 5.82 Å². The van der Waals surface area contributed by atoms with E-state index in [1.54, 1.807) is 36.9 Å². The van der Waals surface area contributed by atoms with E-state index in [0.29, 0.717) is 39.6 Å². The summed E-state index contributed by atoms with van der Waals surface area (Å²) in [4.78, 5) is 13.1. The van der Waals surface area contributed by atoms with Crippen molar-refractivity contribution in [3.63, 3.8) is 0 Å². The lowest BCUT2D eigenvalue weighted by Crippen LogP contribution is -2.18. The molecule has 8 heteroatoms. The Labute approximate surface area is 153 Å². The van der Waals surface area contributed by atoms with Gasteiger partial charge >= 0.3 is 0 Å². The largest absolute Gasteiger partial charge is 0.467 e. The maximum atomic E-state index is 6.26. The van der Waals surface area contributed by atoms with Crippen LogP contribution >= 0.6 is 23.2 Å². The third-order valence-corrected chi connectivity index (χ3v) is 4.53. The number of hydrogen-bond donors (Lipinski definition) is 1. The van der Waals surface area contributed by atoms with Crippen molar-refractivity contribution in [2.45, 2.75) is 12.6 Å². The standard InChI is InChI=1S/C17H13Cl2N5O/c18-11-3-4-12(19)10(6-11)7-24-9-23-15(16-17(24)22-8-21-16)14(20)13-2-1-5-25-13/h1-6,8-9,14H,7,20H2. The van der Waals surface area contributed by atoms with Crippen LogP contribution in [0.2, 0.25) is 10.0 Å². The lowest BCUT2D eigenvalue weighted by Gasteiger charge is -2.16. The molecule has 0 fully saturated rings. The van der Waals surface area contributed by atoms with Gasteiger partial charge in [-0.15, -0.1) is 0 Å². The minimum Gasteiger partial charge on any atom is -0.467 e. The number of rotatable bonds is 4. The van der Waals surface area contributed by atoms with E-state index >= 15 is 0 Å². The van der Waals surface area contributed by atoms with Crippen LogP contribution < -0.4 is 5.73 Å². The van der Waals surface area contributed by atoms with Crippen molar-refractivity contribution >= 4 is 23.2 Å². The van der Waals surface area contributed by atoms with Crippen LogP contribution in [0, 0.1) is 0 Å². The highest BCUT2D eigenvalue weighted by atomic mass is 35.5. The highest BCUT2D eigenvalue weighted by molar-refractivity contribution is 6.33. The van der Waals surface area contributed by atoms with E-state index in [4.69, 9.17) is 33.4 Å². The van der Waals surface area contributed by atoms with Crippen molar-refractivity contribution in [3.05, 3.63) is 76.3 Å². The average Bonchev–Trinajstić information content (AvgIpc) is 3.29. The van der Waals surface area contributed by atoms with E-state index in [1.807, 2.05) is 10.6 Å². The second-order valence-corrected chi connectivity index (χ2v) is 6.38. The molecule has 2 N–H and O–H groups in total. The van der Waals surface area contributed by atoms with Gasteiger partial charge < -0.3 is 14.7 Å². The summed E-state index contributed by atoms with van der Waals surface area (Å²) in [6.45, 7) is 0.470. The fourth-order valence-corrected chi connectivity index (χ4v) is 3.07. The molecule has 2 aromatic rings. The van der Waals surface area contributed by atoms with Crippen LogP contribution in [0.25, 0.3) is 11.5 Å². The molecule has 1 atom stereocenters. The molecule has 25 heavy (non-hydrogen) atoms. The molecule has 1 aromatic carbocycles. The fraction of sp³-hybridized carbons (Fsp3) is 0.118. The molecule has 0 saturated heterocycles. The molecule has 0 spiro atoms. The summed E-state index contributed by atoms with van der Waals surface area (Å²) in [6, 6.07) is 8.41. The SMILES string of the molecule is NC(c1ccco1)c1ncn(Cc2cc(Cl)ccc2Cl)c2ncnc1-2. The third kappa shape index (κ3) is 3.00. The minimum atomic E-state index is -0.515. The summed E-state index contributed by atoms with van der Waals surface area (Å²) >= 11 is 12.3. The highest BCUT2D eigenvalue weighted by Crippen LogP contribution is 2.29. The Morgan fingerprint density at radius 3 is 2.84 bits per heavy atom. The van der Waals surface area contributed by atoms with Crippen LogP contribution in [-0.4, -0.2) is 19.5 Å². The van der Waals surface area contributed by atoms with Crippen molar-refractivity contribution < 1.29 is 4.42 Å². The van der Waals surface area contributed by atoms with Crippen molar-refractivity contribution in [1.82, 2.24) is 19.5 Å². The van der Waals surface area contributed by atoms with E-state index in [0.717, 1.165) is 5.56 Å². The van der Waals surface area contributed by atoms with Gasteiger partial charge in [0.25, 0.3) is 0 Å². The number of furan rings is 1. The molecular weight excluding hydrogens is 361 g/mol. The normalized spacial score (nSPS) is 12.6. The molecule has 1 unspecified atom stereocenters. The summed E-state index contributed by atoms with van der Waals surface area (Å²) in [7, 11) is 0. The Morgan fingerprint density at radius 2 is 2.04 bits per heavy atom. The Morgan fingerprint density at radius 1 is 1.16 bits per heavy atom. The van der Waals surface area contributed by atoms with E-state index in [1.165, 1.54) is 6.33 Å². The first-order chi connectivity index (χ1) is 12.1. The van der Waals surface area contributed by atoms with Crippen LogP contribution in [-0.2, 0) is 6.54 Å². The van der Waals surface area contributed by atoms with Gasteiger partial charge in [0.2, 0.25) is 0 Å².